The van der Waals surface area contributed by atoms with Crippen LogP contribution >= 0.6 is 54.5 Å². The van der Waals surface area contributed by atoms with Gasteiger partial charge in [0, 0.05) is 50.2 Å². The van der Waals surface area contributed by atoms with Gasteiger partial charge in [0.15, 0.2) is 34.8 Å². The van der Waals surface area contributed by atoms with Crippen molar-refractivity contribution >= 4 is 75.7 Å². The molecular weight excluding hydrogens is 941 g/mol. The fraction of sp³-hybridized carbons (Fsp3) is 0.0233. The van der Waals surface area contributed by atoms with Gasteiger partial charge >= 0.3 is 7.12 Å². The fourth-order valence-electron chi connectivity index (χ4n) is 4.95. The van der Waals surface area contributed by atoms with Gasteiger partial charge in [-0.15, -0.1) is 0 Å². The van der Waals surface area contributed by atoms with Gasteiger partial charge in [-0.05, 0) is 56.7 Å². The summed E-state index contributed by atoms with van der Waals surface area (Å²) in [5.74, 6) is 2.81. The number of nitrogens with zero attached hydrogens (tertiary/aromatic N) is 6. The SMILES string of the molecule is Brc1ccccc1-c1nc(-c2ccccc2)nc(-c2ccccc2)n1.Brc1ccccc1I.C.OB(O)c1nc(-c2ccccc2)nc(-c2ccccc2)n1.[2HH].[B]. The van der Waals surface area contributed by atoms with Crippen LogP contribution in [0.5, 0.6) is 0 Å². The zero-order valence-electron chi connectivity index (χ0n) is 29.0. The number of rotatable bonds is 6. The first-order chi connectivity index (χ1) is 26.4. The smallest absolute Gasteiger partial charge is 0.421 e. The second kappa shape index (κ2) is 22.0. The molecule has 0 aliphatic rings. The minimum absolute atomic E-state index is 0. The molecule has 0 amide bonds. The van der Waals surface area contributed by atoms with Crippen molar-refractivity contribution in [3.63, 3.8) is 0 Å². The Balaban J connectivity index is 0.000000247. The highest BCUT2D eigenvalue weighted by molar-refractivity contribution is 14.1. The van der Waals surface area contributed by atoms with E-state index in [9.17, 15) is 10.0 Å². The van der Waals surface area contributed by atoms with E-state index in [1.54, 1.807) is 0 Å². The summed E-state index contributed by atoms with van der Waals surface area (Å²) in [4.78, 5) is 26.7. The van der Waals surface area contributed by atoms with Crippen molar-refractivity contribution in [3.8, 4) is 56.9 Å². The summed E-state index contributed by atoms with van der Waals surface area (Å²) in [6.45, 7) is 0. The summed E-state index contributed by atoms with van der Waals surface area (Å²) in [6, 6.07) is 54.7. The van der Waals surface area contributed by atoms with Gasteiger partial charge in [-0.3, -0.25) is 0 Å². The Morgan fingerprint density at radius 1 is 0.411 bits per heavy atom. The molecule has 0 aliphatic heterocycles. The lowest BCUT2D eigenvalue weighted by Crippen LogP contribution is -2.36. The first-order valence-corrected chi connectivity index (χ1v) is 19.3. The highest BCUT2D eigenvalue weighted by Gasteiger charge is 2.19. The number of aromatic nitrogens is 6. The highest BCUT2D eigenvalue weighted by Crippen LogP contribution is 2.29. The van der Waals surface area contributed by atoms with E-state index >= 15 is 0 Å². The minimum Gasteiger partial charge on any atom is -0.421 e. The van der Waals surface area contributed by atoms with Crippen LogP contribution in [0.3, 0.4) is 0 Å². The summed E-state index contributed by atoms with van der Waals surface area (Å²) >= 11 is 9.26. The molecular formula is C43H36B2Br2IN6O2. The monoisotopic (exact) mass is 976 g/mol. The molecule has 2 aromatic heterocycles. The standard InChI is InChI=1S/C21H14BrN3.C15H12BN3O2.C6H4BrI.CH4.B.H2/c22-18-14-8-7-13-17(18)21-24-19(15-9-3-1-4-10-15)23-20(25-21)16-11-5-2-6-12-16;20-16(21)15-18-13(11-7-3-1-4-8-11)17-14(19-15)12-9-5-2-6-10-12;7-5-3-1-2-4-6(5)8;;;/h1-14H;1-10,20-21H;1-4H;1H4;;1H/i;;;;;1+1. The number of benzene rings is 6. The van der Waals surface area contributed by atoms with Crippen molar-refractivity contribution in [2.24, 2.45) is 0 Å². The van der Waals surface area contributed by atoms with Crippen LogP contribution in [-0.4, -0.2) is 55.5 Å². The second-order valence-corrected chi connectivity index (χ2v) is 14.2. The van der Waals surface area contributed by atoms with Crippen LogP contribution in [0.1, 0.15) is 8.85 Å². The number of hydrogen-bond donors (Lipinski definition) is 2. The van der Waals surface area contributed by atoms with Gasteiger partial charge in [0.25, 0.3) is 0 Å². The van der Waals surface area contributed by atoms with Gasteiger partial charge in [0.05, 0.1) is 0 Å². The summed E-state index contributed by atoms with van der Waals surface area (Å²) in [5, 5.41) is 18.7. The minimum atomic E-state index is -1.74. The maximum Gasteiger partial charge on any atom is 0.528 e. The van der Waals surface area contributed by atoms with Gasteiger partial charge in [0.2, 0.25) is 0 Å². The lowest BCUT2D eigenvalue weighted by Gasteiger charge is -2.09. The molecule has 3 radical (unpaired) electrons. The first kappa shape index (κ1) is 43.8. The lowest BCUT2D eigenvalue weighted by molar-refractivity contribution is 0.422. The lowest BCUT2D eigenvalue weighted by atomic mass is 9.90. The van der Waals surface area contributed by atoms with E-state index in [0.29, 0.717) is 29.1 Å². The molecule has 13 heteroatoms. The van der Waals surface area contributed by atoms with Crippen molar-refractivity contribution < 1.29 is 11.5 Å². The average Bonchev–Trinajstić information content (AvgIpc) is 3.23. The van der Waals surface area contributed by atoms with Crippen molar-refractivity contribution in [1.82, 2.24) is 29.9 Å². The van der Waals surface area contributed by atoms with E-state index in [4.69, 9.17) is 15.0 Å². The molecule has 6 aromatic carbocycles. The third-order valence-corrected chi connectivity index (χ3v) is 10.7. The molecule has 8 nitrogen and oxygen atoms in total. The molecule has 0 unspecified atom stereocenters. The molecule has 2 heterocycles. The largest absolute Gasteiger partial charge is 0.528 e. The van der Waals surface area contributed by atoms with Crippen molar-refractivity contribution in [2.45, 2.75) is 7.43 Å². The van der Waals surface area contributed by atoms with Gasteiger partial charge in [-0.2, -0.15) is 0 Å². The van der Waals surface area contributed by atoms with Crippen LogP contribution in [0.25, 0.3) is 56.9 Å². The van der Waals surface area contributed by atoms with Gasteiger partial charge in [-0.1, -0.05) is 175 Å². The molecule has 8 rings (SSSR count). The number of hydrogen-bond acceptors (Lipinski definition) is 8. The highest BCUT2D eigenvalue weighted by atomic mass is 127. The van der Waals surface area contributed by atoms with Gasteiger partial charge in [-0.25, -0.2) is 29.9 Å². The van der Waals surface area contributed by atoms with E-state index in [2.05, 4.69) is 75.5 Å². The third-order valence-electron chi connectivity index (χ3n) is 7.59. The molecule has 0 bridgehead atoms. The average molecular weight is 978 g/mol. The van der Waals surface area contributed by atoms with Crippen LogP contribution in [0.4, 0.5) is 0 Å². The molecule has 0 aliphatic carbocycles. The second-order valence-electron chi connectivity index (χ2n) is 11.4. The Hall–Kier alpha value is -4.92. The van der Waals surface area contributed by atoms with E-state index < -0.39 is 7.12 Å². The fourth-order valence-corrected chi connectivity index (χ4v) is 6.09. The molecule has 0 fully saturated rings. The Morgan fingerprint density at radius 3 is 1.04 bits per heavy atom. The molecule has 8 aromatic rings. The molecule has 56 heavy (non-hydrogen) atoms. The maximum absolute atomic E-state index is 9.37. The Labute approximate surface area is 361 Å². The normalized spacial score (nSPS) is 9.95. The first-order valence-electron chi connectivity index (χ1n) is 16.6. The van der Waals surface area contributed by atoms with Crippen LogP contribution in [0.2, 0.25) is 0 Å². The summed E-state index contributed by atoms with van der Waals surface area (Å²) in [7, 11) is -1.74. The predicted molar refractivity (Wildman–Crippen MR) is 246 cm³/mol. The van der Waals surface area contributed by atoms with Crippen molar-refractivity contribution in [2.75, 3.05) is 0 Å². The predicted octanol–water partition coefficient (Wildman–Crippen LogP) is 10.1. The quantitative estimate of drug-likeness (QED) is 0.125. The zero-order chi connectivity index (χ0) is 37.7. The van der Waals surface area contributed by atoms with E-state index in [-0.39, 0.29) is 23.0 Å². The van der Waals surface area contributed by atoms with Crippen LogP contribution in [-0.2, 0) is 0 Å². The summed E-state index contributed by atoms with van der Waals surface area (Å²) in [6.07, 6.45) is 0. The van der Waals surface area contributed by atoms with Crippen LogP contribution < -0.4 is 5.72 Å². The Bertz CT molecular complexity index is 2290. The maximum atomic E-state index is 9.37. The van der Waals surface area contributed by atoms with Crippen molar-refractivity contribution in [1.29, 1.82) is 0 Å². The molecule has 0 saturated carbocycles. The van der Waals surface area contributed by atoms with E-state index in [0.717, 1.165) is 32.3 Å². The Kier molecular flexibility index (Phi) is 17.2. The molecule has 2 N–H and O–H groups in total. The third kappa shape index (κ3) is 12.0. The Morgan fingerprint density at radius 2 is 0.714 bits per heavy atom. The van der Waals surface area contributed by atoms with E-state index in [1.165, 1.54) is 8.04 Å². The molecule has 0 saturated heterocycles. The van der Waals surface area contributed by atoms with Gasteiger partial charge < -0.3 is 10.0 Å². The van der Waals surface area contributed by atoms with Crippen LogP contribution in [0, 0.1) is 3.57 Å². The van der Waals surface area contributed by atoms with Gasteiger partial charge in [0.1, 0.15) is 0 Å². The van der Waals surface area contributed by atoms with Crippen LogP contribution in [0.15, 0.2) is 179 Å². The molecule has 0 atom stereocenters. The van der Waals surface area contributed by atoms with E-state index in [1.807, 2.05) is 164 Å². The van der Waals surface area contributed by atoms with Crippen molar-refractivity contribution in [3.05, 3.63) is 182 Å². The topological polar surface area (TPSA) is 118 Å². The molecule has 277 valence electrons. The summed E-state index contributed by atoms with van der Waals surface area (Å²) < 4.78 is 3.38. The number of halogens is 3. The summed E-state index contributed by atoms with van der Waals surface area (Å²) in [5.41, 5.74) is 4.39. The molecule has 0 spiro atoms. The zero-order valence-corrected chi connectivity index (χ0v) is 34.4.